The zero-order valence-electron chi connectivity index (χ0n) is 8.90. The van der Waals surface area contributed by atoms with E-state index in [-0.39, 0.29) is 5.54 Å². The van der Waals surface area contributed by atoms with Crippen molar-refractivity contribution in [1.82, 2.24) is 9.55 Å². The number of nitrogens with two attached hydrogens (primary N) is 1. The summed E-state index contributed by atoms with van der Waals surface area (Å²) < 4.78 is 2.07. The van der Waals surface area contributed by atoms with E-state index in [2.05, 4.69) is 21.8 Å². The molecule has 0 atom stereocenters. The largest absolute Gasteiger partial charge is 0.335 e. The van der Waals surface area contributed by atoms with E-state index >= 15 is 0 Å². The fraction of sp³-hybridized carbons (Fsp3) is 0.417. The van der Waals surface area contributed by atoms with Crippen molar-refractivity contribution in [3.8, 4) is 0 Å². The van der Waals surface area contributed by atoms with Crippen LogP contribution in [0.15, 0.2) is 24.5 Å². The Morgan fingerprint density at radius 1 is 1.47 bits per heavy atom. The second kappa shape index (κ2) is 2.83. The first-order chi connectivity index (χ1) is 7.21. The van der Waals surface area contributed by atoms with Crippen molar-refractivity contribution in [1.29, 1.82) is 0 Å². The molecule has 1 saturated carbocycles. The topological polar surface area (TPSA) is 43.8 Å². The summed E-state index contributed by atoms with van der Waals surface area (Å²) in [5, 5.41) is 1.21. The monoisotopic (exact) mass is 201 g/mol. The lowest BCUT2D eigenvalue weighted by atomic mass is 9.73. The van der Waals surface area contributed by atoms with E-state index in [1.807, 2.05) is 19.3 Å². The highest BCUT2D eigenvalue weighted by atomic mass is 15.0. The van der Waals surface area contributed by atoms with Gasteiger partial charge in [-0.3, -0.25) is 0 Å². The van der Waals surface area contributed by atoms with Crippen molar-refractivity contribution >= 4 is 11.0 Å². The molecule has 3 nitrogen and oxygen atoms in total. The maximum atomic E-state index is 6.36. The Hall–Kier alpha value is -1.35. The Labute approximate surface area is 88.9 Å². The van der Waals surface area contributed by atoms with Crippen LogP contribution in [0, 0.1) is 0 Å². The standard InChI is InChI=1S/C12H15N3/c1-15-8-10(12(13)5-3-6-12)9-4-2-7-14-11(9)15/h2,4,7-8H,3,5-6,13H2,1H3. The quantitative estimate of drug-likeness (QED) is 0.766. The molecule has 2 heterocycles. The normalized spacial score (nSPS) is 19.1. The SMILES string of the molecule is Cn1cc(C2(N)CCC2)c2cccnc21. The molecule has 2 N–H and O–H groups in total. The highest BCUT2D eigenvalue weighted by Crippen LogP contribution is 2.41. The fourth-order valence-electron chi connectivity index (χ4n) is 2.44. The predicted octanol–water partition coefficient (Wildman–Crippen LogP) is 1.91. The van der Waals surface area contributed by atoms with Crippen LogP contribution in [0.2, 0.25) is 0 Å². The van der Waals surface area contributed by atoms with Crippen LogP contribution in [-0.4, -0.2) is 9.55 Å². The van der Waals surface area contributed by atoms with Gasteiger partial charge in [0, 0.05) is 30.4 Å². The van der Waals surface area contributed by atoms with Crippen molar-refractivity contribution < 1.29 is 0 Å². The van der Waals surface area contributed by atoms with Crippen molar-refractivity contribution in [2.75, 3.05) is 0 Å². The van der Waals surface area contributed by atoms with Gasteiger partial charge in [-0.15, -0.1) is 0 Å². The number of hydrogen-bond donors (Lipinski definition) is 1. The Morgan fingerprint density at radius 3 is 2.93 bits per heavy atom. The van der Waals surface area contributed by atoms with E-state index in [4.69, 9.17) is 5.73 Å². The molecule has 3 rings (SSSR count). The maximum absolute atomic E-state index is 6.36. The molecule has 0 amide bonds. The second-order valence-electron chi connectivity index (χ2n) is 4.54. The van der Waals surface area contributed by atoms with Crippen LogP contribution in [0.5, 0.6) is 0 Å². The zero-order chi connectivity index (χ0) is 10.5. The molecular weight excluding hydrogens is 186 g/mol. The van der Waals surface area contributed by atoms with Gasteiger partial charge in [-0.05, 0) is 37.0 Å². The molecular formula is C12H15N3. The van der Waals surface area contributed by atoms with Gasteiger partial charge in [0.1, 0.15) is 5.65 Å². The van der Waals surface area contributed by atoms with Gasteiger partial charge < -0.3 is 10.3 Å². The van der Waals surface area contributed by atoms with Gasteiger partial charge in [0.25, 0.3) is 0 Å². The van der Waals surface area contributed by atoms with Gasteiger partial charge in [0.15, 0.2) is 0 Å². The smallest absolute Gasteiger partial charge is 0.139 e. The van der Waals surface area contributed by atoms with Crippen LogP contribution in [0.1, 0.15) is 24.8 Å². The molecule has 0 saturated heterocycles. The molecule has 1 fully saturated rings. The second-order valence-corrected chi connectivity index (χ2v) is 4.54. The van der Waals surface area contributed by atoms with E-state index in [0.717, 1.165) is 18.5 Å². The summed E-state index contributed by atoms with van der Waals surface area (Å²) >= 11 is 0. The third-order valence-electron chi connectivity index (χ3n) is 3.52. The number of nitrogens with zero attached hydrogens (tertiary/aromatic N) is 2. The number of pyridine rings is 1. The van der Waals surface area contributed by atoms with E-state index in [1.54, 1.807) is 0 Å². The molecule has 2 aromatic heterocycles. The third-order valence-corrected chi connectivity index (χ3v) is 3.52. The minimum absolute atomic E-state index is 0.0947. The molecule has 3 heteroatoms. The first-order valence-electron chi connectivity index (χ1n) is 5.40. The Balaban J connectivity index is 2.27. The van der Waals surface area contributed by atoms with E-state index in [9.17, 15) is 0 Å². The first-order valence-corrected chi connectivity index (χ1v) is 5.40. The summed E-state index contributed by atoms with van der Waals surface area (Å²) in [6.45, 7) is 0. The lowest BCUT2D eigenvalue weighted by Crippen LogP contribution is -2.43. The average molecular weight is 201 g/mol. The first kappa shape index (κ1) is 8.92. The van der Waals surface area contributed by atoms with E-state index in [0.29, 0.717) is 0 Å². The summed E-state index contributed by atoms with van der Waals surface area (Å²) in [4.78, 5) is 4.38. The van der Waals surface area contributed by atoms with Crippen molar-refractivity contribution in [2.24, 2.45) is 12.8 Å². The molecule has 0 unspecified atom stereocenters. The number of rotatable bonds is 1. The van der Waals surface area contributed by atoms with Crippen molar-refractivity contribution in [2.45, 2.75) is 24.8 Å². The highest BCUT2D eigenvalue weighted by molar-refractivity contribution is 5.81. The summed E-state index contributed by atoms with van der Waals surface area (Å²) in [7, 11) is 2.03. The molecule has 0 aromatic carbocycles. The minimum Gasteiger partial charge on any atom is -0.335 e. The van der Waals surface area contributed by atoms with Crippen LogP contribution >= 0.6 is 0 Å². The Morgan fingerprint density at radius 2 is 2.27 bits per heavy atom. The molecule has 0 aliphatic heterocycles. The summed E-state index contributed by atoms with van der Waals surface area (Å²) in [6, 6.07) is 4.10. The summed E-state index contributed by atoms with van der Waals surface area (Å²) in [6.07, 6.45) is 7.40. The molecule has 1 aliphatic rings. The summed E-state index contributed by atoms with van der Waals surface area (Å²) in [5.41, 5.74) is 8.56. The minimum atomic E-state index is -0.0947. The van der Waals surface area contributed by atoms with Crippen molar-refractivity contribution in [3.05, 3.63) is 30.1 Å². The Kier molecular flexibility index (Phi) is 1.68. The molecule has 0 spiro atoms. The number of aryl methyl sites for hydroxylation is 1. The van der Waals surface area contributed by atoms with Gasteiger partial charge >= 0.3 is 0 Å². The van der Waals surface area contributed by atoms with Gasteiger partial charge in [-0.25, -0.2) is 4.98 Å². The third kappa shape index (κ3) is 1.13. The van der Waals surface area contributed by atoms with Crippen LogP contribution < -0.4 is 5.73 Å². The predicted molar refractivity (Wildman–Crippen MR) is 60.4 cm³/mol. The van der Waals surface area contributed by atoms with Crippen LogP contribution in [0.3, 0.4) is 0 Å². The van der Waals surface area contributed by atoms with E-state index < -0.39 is 0 Å². The van der Waals surface area contributed by atoms with Gasteiger partial charge in [0.2, 0.25) is 0 Å². The summed E-state index contributed by atoms with van der Waals surface area (Å²) in [5.74, 6) is 0. The molecule has 0 radical (unpaired) electrons. The lowest BCUT2D eigenvalue weighted by molar-refractivity contribution is 0.255. The molecule has 2 aromatic rings. The fourth-order valence-corrected chi connectivity index (χ4v) is 2.44. The number of aromatic nitrogens is 2. The highest BCUT2D eigenvalue weighted by Gasteiger charge is 2.36. The van der Waals surface area contributed by atoms with Crippen LogP contribution in [0.4, 0.5) is 0 Å². The Bertz CT molecular complexity index is 509. The molecule has 15 heavy (non-hydrogen) atoms. The number of hydrogen-bond acceptors (Lipinski definition) is 2. The van der Waals surface area contributed by atoms with Gasteiger partial charge in [-0.1, -0.05) is 0 Å². The average Bonchev–Trinajstić information content (AvgIpc) is 2.54. The number of fused-ring (bicyclic) bond motifs is 1. The van der Waals surface area contributed by atoms with Gasteiger partial charge in [-0.2, -0.15) is 0 Å². The van der Waals surface area contributed by atoms with E-state index in [1.165, 1.54) is 17.4 Å². The molecule has 78 valence electrons. The van der Waals surface area contributed by atoms with Crippen molar-refractivity contribution in [3.63, 3.8) is 0 Å². The molecule has 0 bridgehead atoms. The maximum Gasteiger partial charge on any atom is 0.139 e. The zero-order valence-corrected chi connectivity index (χ0v) is 8.90. The van der Waals surface area contributed by atoms with Gasteiger partial charge in [0.05, 0.1) is 0 Å². The van der Waals surface area contributed by atoms with Crippen LogP contribution in [0.25, 0.3) is 11.0 Å². The molecule has 1 aliphatic carbocycles. The van der Waals surface area contributed by atoms with Crippen LogP contribution in [-0.2, 0) is 12.6 Å². The lowest BCUT2D eigenvalue weighted by Gasteiger charge is -2.38.